The maximum atomic E-state index is 13.6. The first kappa shape index (κ1) is 22.5. The molecule has 1 aliphatic rings. The van der Waals surface area contributed by atoms with Crippen LogP contribution in [0.2, 0.25) is 0 Å². The molecule has 2 aromatic carbocycles. The molecular weight excluding hydrogens is 413 g/mol. The van der Waals surface area contributed by atoms with Crippen LogP contribution in [0.15, 0.2) is 48.5 Å². The van der Waals surface area contributed by atoms with Crippen LogP contribution in [0.4, 0.5) is 29.3 Å². The highest BCUT2D eigenvalue weighted by molar-refractivity contribution is 5.90. The number of benzene rings is 2. The largest absolute Gasteiger partial charge is 0.479 e. The molecule has 31 heavy (non-hydrogen) atoms. The summed E-state index contributed by atoms with van der Waals surface area (Å²) in [6.07, 6.45) is -7.25. The predicted molar refractivity (Wildman–Crippen MR) is 110 cm³/mol. The van der Waals surface area contributed by atoms with Crippen LogP contribution in [0.5, 0.6) is 5.75 Å². The molecule has 0 aliphatic carbocycles. The van der Waals surface area contributed by atoms with Crippen molar-refractivity contribution in [2.45, 2.75) is 45.1 Å². The van der Waals surface area contributed by atoms with Gasteiger partial charge in [-0.15, -0.1) is 0 Å². The first-order chi connectivity index (χ1) is 14.4. The van der Waals surface area contributed by atoms with Gasteiger partial charge in [-0.25, -0.2) is 4.79 Å². The Balaban J connectivity index is 2.07. The molecule has 1 heterocycles. The number of amides is 1. The summed E-state index contributed by atoms with van der Waals surface area (Å²) in [5.74, 6) is 0.124. The topological polar surface area (TPSA) is 70.1 Å². The van der Waals surface area contributed by atoms with Crippen molar-refractivity contribution in [3.05, 3.63) is 54.1 Å². The second-order valence-corrected chi connectivity index (χ2v) is 7.91. The molecule has 0 unspecified atom stereocenters. The first-order valence-electron chi connectivity index (χ1n) is 9.61. The third-order valence-electron chi connectivity index (χ3n) is 5.31. The molecule has 0 radical (unpaired) electrons. The van der Waals surface area contributed by atoms with E-state index in [1.807, 2.05) is 35.2 Å². The van der Waals surface area contributed by atoms with Crippen molar-refractivity contribution in [1.29, 1.82) is 0 Å². The Morgan fingerprint density at radius 2 is 1.81 bits per heavy atom. The number of halogens is 3. The number of Topliss-reactive ketones (excluding diaryl/α,β-unsaturated/α-hetero) is 1. The standard InChI is InChI=1S/C22H23F3N2O4/c1-14(28)19-13-26(12-15-7-5-4-6-8-15)17-11-16(9-10-18(17)31-19)27(20(29)30)21(2,3)22(23,24)25/h4-11,19H,12-13H2,1-3H3,(H,29,30)/t19-/m1/s1. The molecule has 166 valence electrons. The third kappa shape index (κ3) is 4.45. The number of carbonyl (C=O) groups excluding carboxylic acids is 1. The van der Waals surface area contributed by atoms with Gasteiger partial charge in [-0.3, -0.25) is 9.69 Å². The summed E-state index contributed by atoms with van der Waals surface area (Å²) in [5, 5.41) is 9.58. The minimum atomic E-state index is -4.79. The van der Waals surface area contributed by atoms with Gasteiger partial charge < -0.3 is 14.7 Å². The lowest BCUT2D eigenvalue weighted by Crippen LogP contribution is -2.57. The van der Waals surface area contributed by atoms with Crippen LogP contribution >= 0.6 is 0 Å². The molecule has 0 fully saturated rings. The molecule has 1 amide bonds. The van der Waals surface area contributed by atoms with E-state index in [0.29, 0.717) is 22.9 Å². The molecule has 1 N–H and O–H groups in total. The maximum Gasteiger partial charge on any atom is 0.412 e. The van der Waals surface area contributed by atoms with Gasteiger partial charge in [0.15, 0.2) is 11.9 Å². The zero-order valence-corrected chi connectivity index (χ0v) is 17.3. The van der Waals surface area contributed by atoms with Gasteiger partial charge in [0.1, 0.15) is 11.3 Å². The highest BCUT2D eigenvalue weighted by Crippen LogP contribution is 2.42. The highest BCUT2D eigenvalue weighted by atomic mass is 19.4. The van der Waals surface area contributed by atoms with Crippen molar-refractivity contribution in [1.82, 2.24) is 0 Å². The van der Waals surface area contributed by atoms with Gasteiger partial charge in [0.05, 0.1) is 17.9 Å². The van der Waals surface area contributed by atoms with E-state index in [1.165, 1.54) is 25.1 Å². The van der Waals surface area contributed by atoms with Crippen LogP contribution in [0.1, 0.15) is 26.3 Å². The van der Waals surface area contributed by atoms with E-state index in [0.717, 1.165) is 19.4 Å². The summed E-state index contributed by atoms with van der Waals surface area (Å²) in [6, 6.07) is 13.4. The zero-order chi connectivity index (χ0) is 23.0. The van der Waals surface area contributed by atoms with E-state index in [1.54, 1.807) is 0 Å². The van der Waals surface area contributed by atoms with E-state index < -0.39 is 23.9 Å². The maximum absolute atomic E-state index is 13.6. The summed E-state index contributed by atoms with van der Waals surface area (Å²) < 4.78 is 46.5. The molecule has 0 spiro atoms. The lowest BCUT2D eigenvalue weighted by atomic mass is 10.0. The lowest BCUT2D eigenvalue weighted by Gasteiger charge is -2.40. The molecule has 0 saturated carbocycles. The summed E-state index contributed by atoms with van der Waals surface area (Å²) >= 11 is 0. The molecular formula is C22H23F3N2O4. The van der Waals surface area contributed by atoms with Crippen molar-refractivity contribution in [2.75, 3.05) is 16.3 Å². The SMILES string of the molecule is CC(=O)[C@H]1CN(Cc2ccccc2)c2cc(N(C(=O)O)C(C)(C)C(F)(F)F)ccc2O1. The van der Waals surface area contributed by atoms with Gasteiger partial charge in [-0.05, 0) is 44.5 Å². The molecule has 1 aliphatic heterocycles. The number of anilines is 2. The number of ketones is 1. The summed E-state index contributed by atoms with van der Waals surface area (Å²) in [5.41, 5.74) is -1.46. The summed E-state index contributed by atoms with van der Waals surface area (Å²) in [7, 11) is 0. The minimum Gasteiger partial charge on any atom is -0.479 e. The van der Waals surface area contributed by atoms with Gasteiger partial charge in [0.25, 0.3) is 0 Å². The van der Waals surface area contributed by atoms with Gasteiger partial charge in [-0.1, -0.05) is 30.3 Å². The van der Waals surface area contributed by atoms with Crippen molar-refractivity contribution in [3.63, 3.8) is 0 Å². The molecule has 1 atom stereocenters. The summed E-state index contributed by atoms with van der Waals surface area (Å²) in [4.78, 5) is 25.9. The second-order valence-electron chi connectivity index (χ2n) is 7.91. The minimum absolute atomic E-state index is 0.142. The lowest BCUT2D eigenvalue weighted by molar-refractivity contribution is -0.175. The van der Waals surface area contributed by atoms with Crippen LogP contribution in [-0.2, 0) is 11.3 Å². The molecule has 0 bridgehead atoms. The first-order valence-corrected chi connectivity index (χ1v) is 9.61. The van der Waals surface area contributed by atoms with Gasteiger partial charge in [-0.2, -0.15) is 13.2 Å². The number of ether oxygens (including phenoxy) is 1. The van der Waals surface area contributed by atoms with Crippen LogP contribution in [-0.4, -0.2) is 41.3 Å². The molecule has 0 saturated heterocycles. The number of carbonyl (C=O) groups is 2. The number of alkyl halides is 3. The van der Waals surface area contributed by atoms with Crippen molar-refractivity contribution in [2.24, 2.45) is 0 Å². The average molecular weight is 436 g/mol. The fourth-order valence-corrected chi connectivity index (χ4v) is 3.44. The smallest absolute Gasteiger partial charge is 0.412 e. The highest BCUT2D eigenvalue weighted by Gasteiger charge is 2.54. The number of rotatable bonds is 5. The van der Waals surface area contributed by atoms with Gasteiger partial charge in [0.2, 0.25) is 0 Å². The Morgan fingerprint density at radius 1 is 1.16 bits per heavy atom. The predicted octanol–water partition coefficient (Wildman–Crippen LogP) is 4.87. The normalized spacial score (nSPS) is 16.3. The molecule has 3 rings (SSSR count). The summed E-state index contributed by atoms with van der Waals surface area (Å²) in [6.45, 7) is 3.59. The van der Waals surface area contributed by atoms with E-state index in [2.05, 4.69) is 0 Å². The van der Waals surface area contributed by atoms with Crippen LogP contribution < -0.4 is 14.5 Å². The average Bonchev–Trinajstić information content (AvgIpc) is 2.67. The molecule has 6 nitrogen and oxygen atoms in total. The Labute approximate surface area is 177 Å². The van der Waals surface area contributed by atoms with Gasteiger partial charge >= 0.3 is 12.3 Å². The molecule has 9 heteroatoms. The van der Waals surface area contributed by atoms with Crippen molar-refractivity contribution >= 4 is 23.3 Å². The monoisotopic (exact) mass is 436 g/mol. The number of hydrogen-bond donors (Lipinski definition) is 1. The fraction of sp³-hybridized carbons (Fsp3) is 0.364. The van der Waals surface area contributed by atoms with Crippen molar-refractivity contribution < 1.29 is 32.6 Å². The number of hydrogen-bond acceptors (Lipinski definition) is 4. The number of carboxylic acid groups (broad SMARTS) is 1. The Bertz CT molecular complexity index is 976. The Kier molecular flexibility index (Phi) is 5.89. The van der Waals surface area contributed by atoms with E-state index in [9.17, 15) is 27.9 Å². The fourth-order valence-electron chi connectivity index (χ4n) is 3.44. The van der Waals surface area contributed by atoms with E-state index >= 15 is 0 Å². The van der Waals surface area contributed by atoms with Crippen molar-refractivity contribution in [3.8, 4) is 5.75 Å². The van der Waals surface area contributed by atoms with Gasteiger partial charge in [0, 0.05) is 6.54 Å². The quantitative estimate of drug-likeness (QED) is 0.724. The molecule has 0 aromatic heterocycles. The number of nitrogens with zero attached hydrogens (tertiary/aromatic N) is 2. The van der Waals surface area contributed by atoms with Crippen LogP contribution in [0.25, 0.3) is 0 Å². The second kappa shape index (κ2) is 8.13. The van der Waals surface area contributed by atoms with E-state index in [-0.39, 0.29) is 18.0 Å². The zero-order valence-electron chi connectivity index (χ0n) is 17.3. The molecule has 2 aromatic rings. The number of fused-ring (bicyclic) bond motifs is 1. The van der Waals surface area contributed by atoms with E-state index in [4.69, 9.17) is 4.74 Å². The third-order valence-corrected chi connectivity index (χ3v) is 5.31. The van der Waals surface area contributed by atoms with Crippen LogP contribution in [0, 0.1) is 0 Å². The Hall–Kier alpha value is -3.23. The Morgan fingerprint density at radius 3 is 2.35 bits per heavy atom. The van der Waals surface area contributed by atoms with Crippen LogP contribution in [0.3, 0.4) is 0 Å².